The molecule has 0 aromatic heterocycles. The van der Waals surface area contributed by atoms with Crippen LogP contribution in [0.2, 0.25) is 0 Å². The van der Waals surface area contributed by atoms with Crippen LogP contribution in [0.1, 0.15) is 11.1 Å². The lowest BCUT2D eigenvalue weighted by atomic mass is 10.2. The van der Waals surface area contributed by atoms with Crippen molar-refractivity contribution in [2.45, 2.75) is 0 Å². The minimum atomic E-state index is 0.581. The smallest absolute Gasteiger partial charge is 0.120 e. The molecule has 2 aromatic carbocycles. The van der Waals surface area contributed by atoms with Crippen LogP contribution in [0.15, 0.2) is 52.7 Å². The van der Waals surface area contributed by atoms with Crippen LogP contribution in [-0.2, 0) is 0 Å². The maximum Gasteiger partial charge on any atom is 0.120 e. The molecule has 0 saturated carbocycles. The van der Waals surface area contributed by atoms with Gasteiger partial charge in [0.05, 0.1) is 30.0 Å². The molecule has 0 fully saturated rings. The zero-order valence-electron chi connectivity index (χ0n) is 10.9. The Balaban J connectivity index is 2.27. The van der Waals surface area contributed by atoms with Crippen molar-refractivity contribution in [3.8, 4) is 24.2 Å². The highest BCUT2D eigenvalue weighted by atomic mass is 16.5. The van der Waals surface area contributed by atoms with Crippen LogP contribution in [-0.4, -0.2) is 7.11 Å². The summed E-state index contributed by atoms with van der Waals surface area (Å²) in [5.74, 6) is 3.22. The van der Waals surface area contributed by atoms with E-state index in [1.54, 1.807) is 49.6 Å². The molecule has 0 N–H and O–H groups in total. The normalized spacial score (nSPS) is 9.95. The molecule has 0 aliphatic carbocycles. The molecule has 2 aromatic rings. The molecular formula is C16H11N3O. The van der Waals surface area contributed by atoms with Crippen molar-refractivity contribution in [1.29, 1.82) is 5.26 Å². The number of ether oxygens (including phenoxy) is 1. The van der Waals surface area contributed by atoms with E-state index in [0.29, 0.717) is 28.3 Å². The van der Waals surface area contributed by atoms with Crippen molar-refractivity contribution < 1.29 is 4.74 Å². The maximum absolute atomic E-state index is 8.72. The zero-order chi connectivity index (χ0) is 14.4. The second-order valence-electron chi connectivity index (χ2n) is 3.89. The van der Waals surface area contributed by atoms with E-state index in [0.717, 1.165) is 0 Å². The Morgan fingerprint density at radius 2 is 1.85 bits per heavy atom. The van der Waals surface area contributed by atoms with Crippen molar-refractivity contribution in [2.75, 3.05) is 7.11 Å². The number of hydrogen-bond donors (Lipinski definition) is 0. The Hall–Kier alpha value is -3.11. The van der Waals surface area contributed by atoms with Crippen LogP contribution in [0, 0.1) is 23.7 Å². The lowest BCUT2D eigenvalue weighted by Crippen LogP contribution is -1.83. The molecule has 96 valence electrons. The molecule has 0 radical (unpaired) electrons. The molecule has 0 amide bonds. The highest BCUT2D eigenvalue weighted by Gasteiger charge is 2.01. The van der Waals surface area contributed by atoms with Crippen LogP contribution < -0.4 is 4.74 Å². The highest BCUT2D eigenvalue weighted by Crippen LogP contribution is 2.25. The Labute approximate surface area is 117 Å². The summed E-state index contributed by atoms with van der Waals surface area (Å²) in [4.78, 5) is 0. The zero-order valence-corrected chi connectivity index (χ0v) is 10.9. The monoisotopic (exact) mass is 261 g/mol. The van der Waals surface area contributed by atoms with E-state index in [1.807, 2.05) is 6.07 Å². The molecule has 0 aliphatic rings. The topological polar surface area (TPSA) is 57.7 Å². The first kappa shape index (κ1) is 13.3. The Morgan fingerprint density at radius 1 is 1.10 bits per heavy atom. The van der Waals surface area contributed by atoms with E-state index >= 15 is 0 Å². The molecule has 4 nitrogen and oxygen atoms in total. The van der Waals surface area contributed by atoms with Gasteiger partial charge in [0, 0.05) is 0 Å². The largest absolute Gasteiger partial charge is 0.497 e. The lowest BCUT2D eigenvalue weighted by Gasteiger charge is -2.02. The Morgan fingerprint density at radius 3 is 2.45 bits per heavy atom. The predicted molar refractivity (Wildman–Crippen MR) is 76.3 cm³/mol. The average molecular weight is 261 g/mol. The first-order valence-electron chi connectivity index (χ1n) is 5.83. The molecule has 0 atom stereocenters. The molecule has 2 rings (SSSR count). The first-order chi connectivity index (χ1) is 9.76. The fourth-order valence-electron chi connectivity index (χ4n) is 1.56. The van der Waals surface area contributed by atoms with Crippen molar-refractivity contribution in [3.63, 3.8) is 0 Å². The molecule has 0 saturated heterocycles. The van der Waals surface area contributed by atoms with Gasteiger partial charge in [0.15, 0.2) is 0 Å². The van der Waals surface area contributed by atoms with E-state index in [9.17, 15) is 0 Å². The average Bonchev–Trinajstić information content (AvgIpc) is 2.53. The van der Waals surface area contributed by atoms with Crippen LogP contribution in [0.5, 0.6) is 5.75 Å². The first-order valence-corrected chi connectivity index (χ1v) is 5.83. The second kappa shape index (κ2) is 6.17. The van der Waals surface area contributed by atoms with Gasteiger partial charge in [0.1, 0.15) is 11.4 Å². The van der Waals surface area contributed by atoms with Crippen LogP contribution in [0.3, 0.4) is 0 Å². The summed E-state index contributed by atoms with van der Waals surface area (Å²) < 4.78 is 5.10. The van der Waals surface area contributed by atoms with Gasteiger partial charge in [-0.1, -0.05) is 5.92 Å². The number of hydrogen-bond acceptors (Lipinski definition) is 4. The van der Waals surface area contributed by atoms with Crippen molar-refractivity contribution in [3.05, 3.63) is 53.6 Å². The van der Waals surface area contributed by atoms with Gasteiger partial charge in [-0.3, -0.25) is 0 Å². The summed E-state index contributed by atoms with van der Waals surface area (Å²) in [6, 6.07) is 14.1. The predicted octanol–water partition coefficient (Wildman–Crippen LogP) is 3.96. The summed E-state index contributed by atoms with van der Waals surface area (Å²) in [7, 11) is 1.58. The Kier molecular flexibility index (Phi) is 4.11. The molecular weight excluding hydrogens is 250 g/mol. The SMILES string of the molecule is C#Cc1cc(OC)ccc1N=Nc1ccc(C#N)cc1. The third-order valence-corrected chi connectivity index (χ3v) is 2.63. The lowest BCUT2D eigenvalue weighted by molar-refractivity contribution is 0.414. The second-order valence-corrected chi connectivity index (χ2v) is 3.89. The molecule has 0 bridgehead atoms. The van der Waals surface area contributed by atoms with Crippen LogP contribution >= 0.6 is 0 Å². The highest BCUT2D eigenvalue weighted by molar-refractivity contribution is 5.57. The number of azo groups is 1. The third-order valence-electron chi connectivity index (χ3n) is 2.63. The minimum absolute atomic E-state index is 0.581. The third kappa shape index (κ3) is 3.01. The van der Waals surface area contributed by atoms with Gasteiger partial charge in [-0.15, -0.1) is 11.5 Å². The number of nitriles is 1. The fraction of sp³-hybridized carbons (Fsp3) is 0.0625. The van der Waals surface area contributed by atoms with E-state index in [-0.39, 0.29) is 0 Å². The summed E-state index contributed by atoms with van der Waals surface area (Å²) >= 11 is 0. The van der Waals surface area contributed by atoms with Crippen molar-refractivity contribution in [1.82, 2.24) is 0 Å². The summed E-state index contributed by atoms with van der Waals surface area (Å²) in [6.07, 6.45) is 5.44. The summed E-state index contributed by atoms with van der Waals surface area (Å²) in [5, 5.41) is 16.9. The Bertz CT molecular complexity index is 719. The van der Waals surface area contributed by atoms with Crippen LogP contribution in [0.25, 0.3) is 0 Å². The molecule has 0 spiro atoms. The van der Waals surface area contributed by atoms with E-state index in [1.165, 1.54) is 0 Å². The molecule has 0 unspecified atom stereocenters. The quantitative estimate of drug-likeness (QED) is 0.620. The molecule has 4 heteroatoms. The van der Waals surface area contributed by atoms with E-state index in [4.69, 9.17) is 16.4 Å². The van der Waals surface area contributed by atoms with Gasteiger partial charge in [-0.2, -0.15) is 10.4 Å². The van der Waals surface area contributed by atoms with Gasteiger partial charge in [-0.05, 0) is 42.5 Å². The maximum atomic E-state index is 8.72. The van der Waals surface area contributed by atoms with Crippen molar-refractivity contribution >= 4 is 11.4 Å². The standard InChI is InChI=1S/C16H11N3O/c1-3-13-10-15(20-2)8-9-16(13)19-18-14-6-4-12(11-17)5-7-14/h1,4-10H,2H3. The van der Waals surface area contributed by atoms with Gasteiger partial charge in [-0.25, -0.2) is 0 Å². The molecule has 0 aliphatic heterocycles. The number of methoxy groups -OCH3 is 1. The number of rotatable bonds is 3. The minimum Gasteiger partial charge on any atom is -0.497 e. The molecule has 0 heterocycles. The number of benzene rings is 2. The van der Waals surface area contributed by atoms with E-state index in [2.05, 4.69) is 16.1 Å². The van der Waals surface area contributed by atoms with Crippen LogP contribution in [0.4, 0.5) is 11.4 Å². The van der Waals surface area contributed by atoms with Gasteiger partial charge in [0.25, 0.3) is 0 Å². The van der Waals surface area contributed by atoms with Gasteiger partial charge < -0.3 is 4.74 Å². The van der Waals surface area contributed by atoms with Crippen molar-refractivity contribution in [2.24, 2.45) is 10.2 Å². The molecule has 20 heavy (non-hydrogen) atoms. The summed E-state index contributed by atoms with van der Waals surface area (Å²) in [5.41, 5.74) is 2.44. The van der Waals surface area contributed by atoms with Gasteiger partial charge in [0.2, 0.25) is 0 Å². The number of nitrogens with zero attached hydrogens (tertiary/aromatic N) is 3. The van der Waals surface area contributed by atoms with Gasteiger partial charge >= 0.3 is 0 Å². The fourth-order valence-corrected chi connectivity index (χ4v) is 1.56. The summed E-state index contributed by atoms with van der Waals surface area (Å²) in [6.45, 7) is 0. The van der Waals surface area contributed by atoms with E-state index < -0.39 is 0 Å². The number of terminal acetylenes is 1.